The van der Waals surface area contributed by atoms with Gasteiger partial charge in [0.05, 0.1) is 11.1 Å². The van der Waals surface area contributed by atoms with Gasteiger partial charge >= 0.3 is 0 Å². The molecule has 0 aliphatic carbocycles. The summed E-state index contributed by atoms with van der Waals surface area (Å²) in [6.07, 6.45) is 1.73. The largest absolute Gasteiger partial charge is 0.468 e. The van der Waals surface area contributed by atoms with Crippen molar-refractivity contribution in [3.63, 3.8) is 0 Å². The highest BCUT2D eigenvalue weighted by atomic mass is 79.9. The molecule has 0 N–H and O–H groups in total. The standard InChI is InChI=1S/C18H13BrO2/c1-11-8-9-20-18(11)17(19)12-6-7-16-14(10-12)13-4-2-3-5-15(13)21-16/h2-10,17H,1H3. The maximum atomic E-state index is 5.86. The van der Waals surface area contributed by atoms with Crippen molar-refractivity contribution in [3.05, 3.63) is 71.7 Å². The molecule has 1 atom stereocenters. The van der Waals surface area contributed by atoms with Gasteiger partial charge in [0.2, 0.25) is 0 Å². The first-order valence-electron chi connectivity index (χ1n) is 6.83. The molecule has 3 heteroatoms. The van der Waals surface area contributed by atoms with E-state index in [2.05, 4.69) is 41.1 Å². The van der Waals surface area contributed by atoms with E-state index in [0.29, 0.717) is 0 Å². The Balaban J connectivity index is 1.90. The number of fused-ring (bicyclic) bond motifs is 3. The molecule has 1 unspecified atom stereocenters. The van der Waals surface area contributed by atoms with Gasteiger partial charge in [0.25, 0.3) is 0 Å². The van der Waals surface area contributed by atoms with Gasteiger partial charge in [0.15, 0.2) is 0 Å². The average Bonchev–Trinajstić information content (AvgIpc) is 3.09. The fraction of sp³-hybridized carbons (Fsp3) is 0.111. The third-order valence-corrected chi connectivity index (χ3v) is 4.77. The number of furan rings is 2. The van der Waals surface area contributed by atoms with Crippen LogP contribution in [0.15, 0.2) is 63.6 Å². The van der Waals surface area contributed by atoms with Crippen molar-refractivity contribution in [1.29, 1.82) is 0 Å². The van der Waals surface area contributed by atoms with Crippen molar-refractivity contribution in [2.45, 2.75) is 11.8 Å². The van der Waals surface area contributed by atoms with Gasteiger partial charge in [-0.2, -0.15) is 0 Å². The number of rotatable bonds is 2. The van der Waals surface area contributed by atoms with Gasteiger partial charge < -0.3 is 8.83 Å². The van der Waals surface area contributed by atoms with Crippen LogP contribution in [0.3, 0.4) is 0 Å². The summed E-state index contributed by atoms with van der Waals surface area (Å²) in [4.78, 5) is 0.0468. The Labute approximate surface area is 130 Å². The molecule has 0 saturated heterocycles. The van der Waals surface area contributed by atoms with Crippen LogP contribution in [0, 0.1) is 6.92 Å². The summed E-state index contributed by atoms with van der Waals surface area (Å²) in [6.45, 7) is 2.05. The van der Waals surface area contributed by atoms with Crippen LogP contribution in [-0.2, 0) is 0 Å². The molecular formula is C18H13BrO2. The highest BCUT2D eigenvalue weighted by molar-refractivity contribution is 9.09. The predicted octanol–water partition coefficient (Wildman–Crippen LogP) is 5.97. The Bertz CT molecular complexity index is 933. The summed E-state index contributed by atoms with van der Waals surface area (Å²) in [5.74, 6) is 0.946. The van der Waals surface area contributed by atoms with Gasteiger partial charge in [-0.25, -0.2) is 0 Å². The summed E-state index contributed by atoms with van der Waals surface area (Å²) in [5, 5.41) is 2.28. The summed E-state index contributed by atoms with van der Waals surface area (Å²) in [7, 11) is 0. The topological polar surface area (TPSA) is 26.3 Å². The van der Waals surface area contributed by atoms with Gasteiger partial charge in [-0.1, -0.05) is 40.2 Å². The quantitative estimate of drug-likeness (QED) is 0.420. The molecule has 2 heterocycles. The van der Waals surface area contributed by atoms with E-state index in [4.69, 9.17) is 8.83 Å². The minimum absolute atomic E-state index is 0.0468. The normalized spacial score (nSPS) is 13.0. The molecule has 0 radical (unpaired) electrons. The lowest BCUT2D eigenvalue weighted by atomic mass is 10.0. The third kappa shape index (κ3) is 2.00. The van der Waals surface area contributed by atoms with Crippen LogP contribution in [0.1, 0.15) is 21.7 Å². The van der Waals surface area contributed by atoms with E-state index in [9.17, 15) is 0 Å². The van der Waals surface area contributed by atoms with E-state index < -0.39 is 0 Å². The zero-order valence-corrected chi connectivity index (χ0v) is 13.1. The number of hydrogen-bond acceptors (Lipinski definition) is 2. The van der Waals surface area contributed by atoms with Crippen molar-refractivity contribution < 1.29 is 8.83 Å². The Morgan fingerprint density at radius 3 is 2.57 bits per heavy atom. The SMILES string of the molecule is Cc1ccoc1C(Br)c1ccc2oc3ccccc3c2c1. The highest BCUT2D eigenvalue weighted by Crippen LogP contribution is 2.37. The predicted molar refractivity (Wildman–Crippen MR) is 87.9 cm³/mol. The molecule has 2 nitrogen and oxygen atoms in total. The molecule has 0 amide bonds. The van der Waals surface area contributed by atoms with Gasteiger partial charge in [0, 0.05) is 10.8 Å². The summed E-state index contributed by atoms with van der Waals surface area (Å²) >= 11 is 3.74. The fourth-order valence-corrected chi connectivity index (χ4v) is 3.45. The number of benzene rings is 2. The maximum Gasteiger partial charge on any atom is 0.135 e. The van der Waals surface area contributed by atoms with Crippen molar-refractivity contribution in [2.24, 2.45) is 0 Å². The van der Waals surface area contributed by atoms with Crippen LogP contribution in [0.4, 0.5) is 0 Å². The highest BCUT2D eigenvalue weighted by Gasteiger charge is 2.17. The van der Waals surface area contributed by atoms with Crippen LogP contribution in [0.25, 0.3) is 21.9 Å². The number of alkyl halides is 1. The average molecular weight is 341 g/mol. The van der Waals surface area contributed by atoms with Crippen molar-refractivity contribution in [3.8, 4) is 0 Å². The molecule has 0 aliphatic heterocycles. The van der Waals surface area contributed by atoms with E-state index in [1.807, 2.05) is 30.3 Å². The summed E-state index contributed by atoms with van der Waals surface area (Å²) < 4.78 is 11.5. The third-order valence-electron chi connectivity index (χ3n) is 3.83. The Morgan fingerprint density at radius 2 is 1.76 bits per heavy atom. The summed E-state index contributed by atoms with van der Waals surface area (Å²) in [6, 6.07) is 16.4. The molecule has 21 heavy (non-hydrogen) atoms. The van der Waals surface area contributed by atoms with Gasteiger partial charge in [-0.05, 0) is 42.3 Å². The van der Waals surface area contributed by atoms with Crippen LogP contribution in [0.2, 0.25) is 0 Å². The number of para-hydroxylation sites is 1. The maximum absolute atomic E-state index is 5.86. The van der Waals surface area contributed by atoms with E-state index in [0.717, 1.165) is 38.8 Å². The zero-order valence-electron chi connectivity index (χ0n) is 11.5. The summed E-state index contributed by atoms with van der Waals surface area (Å²) in [5.41, 5.74) is 4.14. The molecule has 2 aromatic carbocycles. The van der Waals surface area contributed by atoms with Crippen LogP contribution >= 0.6 is 15.9 Å². The lowest BCUT2D eigenvalue weighted by Gasteiger charge is -2.08. The molecule has 0 fully saturated rings. The van der Waals surface area contributed by atoms with E-state index in [1.165, 1.54) is 0 Å². The molecule has 104 valence electrons. The molecule has 4 rings (SSSR count). The molecule has 0 aliphatic rings. The van der Waals surface area contributed by atoms with Crippen molar-refractivity contribution in [2.75, 3.05) is 0 Å². The lowest BCUT2D eigenvalue weighted by Crippen LogP contribution is -1.92. The number of aryl methyl sites for hydroxylation is 1. The first kappa shape index (κ1) is 12.7. The second kappa shape index (κ2) is 4.78. The molecule has 0 saturated carbocycles. The van der Waals surface area contributed by atoms with Crippen LogP contribution < -0.4 is 0 Å². The smallest absolute Gasteiger partial charge is 0.135 e. The second-order valence-electron chi connectivity index (χ2n) is 5.18. The Hall–Kier alpha value is -2.00. The molecule has 2 aromatic heterocycles. The van der Waals surface area contributed by atoms with Crippen LogP contribution in [0.5, 0.6) is 0 Å². The molecule has 0 bridgehead atoms. The Morgan fingerprint density at radius 1 is 0.952 bits per heavy atom. The molecule has 4 aromatic rings. The number of halogens is 1. The van der Waals surface area contributed by atoms with E-state index in [1.54, 1.807) is 6.26 Å². The molecule has 0 spiro atoms. The zero-order chi connectivity index (χ0) is 14.4. The Kier molecular flexibility index (Phi) is 2.89. The van der Waals surface area contributed by atoms with Crippen molar-refractivity contribution in [1.82, 2.24) is 0 Å². The van der Waals surface area contributed by atoms with Crippen molar-refractivity contribution >= 4 is 37.9 Å². The fourth-order valence-electron chi connectivity index (χ4n) is 2.70. The van der Waals surface area contributed by atoms with E-state index in [-0.39, 0.29) is 4.83 Å². The molecular weight excluding hydrogens is 328 g/mol. The number of hydrogen-bond donors (Lipinski definition) is 0. The monoisotopic (exact) mass is 340 g/mol. The minimum Gasteiger partial charge on any atom is -0.468 e. The minimum atomic E-state index is 0.0468. The van der Waals surface area contributed by atoms with Gasteiger partial charge in [-0.3, -0.25) is 0 Å². The first-order valence-corrected chi connectivity index (χ1v) is 7.75. The van der Waals surface area contributed by atoms with Gasteiger partial charge in [-0.15, -0.1) is 0 Å². The lowest BCUT2D eigenvalue weighted by molar-refractivity contribution is 0.517. The second-order valence-corrected chi connectivity index (χ2v) is 6.10. The van der Waals surface area contributed by atoms with E-state index >= 15 is 0 Å². The van der Waals surface area contributed by atoms with Crippen LogP contribution in [-0.4, -0.2) is 0 Å². The first-order chi connectivity index (χ1) is 10.2. The van der Waals surface area contributed by atoms with Gasteiger partial charge in [0.1, 0.15) is 16.9 Å².